The van der Waals surface area contributed by atoms with E-state index in [0.29, 0.717) is 15.9 Å². The first-order chi connectivity index (χ1) is 9.68. The lowest BCUT2D eigenvalue weighted by molar-refractivity contribution is 0.185. The molecule has 0 saturated carbocycles. The average Bonchev–Trinajstić information content (AvgIpc) is 2.50. The van der Waals surface area contributed by atoms with Crippen LogP contribution in [0.1, 0.15) is 5.69 Å². The van der Waals surface area contributed by atoms with Crippen molar-refractivity contribution in [2.75, 3.05) is 0 Å². The fourth-order valence-corrected chi connectivity index (χ4v) is 2.11. The van der Waals surface area contributed by atoms with Gasteiger partial charge in [0.2, 0.25) is 0 Å². The van der Waals surface area contributed by atoms with Crippen molar-refractivity contribution in [2.24, 2.45) is 0 Å². The van der Waals surface area contributed by atoms with Crippen molar-refractivity contribution < 1.29 is 5.21 Å². The monoisotopic (exact) mass is 269 g/mol. The lowest BCUT2D eigenvalue weighted by Crippen LogP contribution is -2.41. The van der Waals surface area contributed by atoms with Gasteiger partial charge in [0.1, 0.15) is 5.52 Å². The molecule has 1 N–H and O–H groups in total. The minimum atomic E-state index is -0.973. The molecule has 1 aromatic carbocycles. The molecule has 3 aromatic rings. The highest BCUT2D eigenvalue weighted by Gasteiger charge is 2.12. The van der Waals surface area contributed by atoms with E-state index in [-0.39, 0.29) is 12.1 Å². The van der Waals surface area contributed by atoms with Crippen LogP contribution < -0.4 is 11.1 Å². The van der Waals surface area contributed by atoms with Crippen LogP contribution in [0.25, 0.3) is 11.0 Å². The van der Waals surface area contributed by atoms with Crippen molar-refractivity contribution in [3.8, 4) is 0 Å². The number of hydrogen-bond donors (Lipinski definition) is 1. The number of aromatic nitrogens is 3. The second-order valence-electron chi connectivity index (χ2n) is 4.32. The molecule has 0 amide bonds. The molecule has 6 heteroatoms. The standard InChI is InChI=1S/C14H11N3O3/c18-13-14(19)17(20)12-7-2-1-6-11(12)16(13)9-10-5-3-4-8-15-10/h1-8,20H,9H2. The third kappa shape index (κ3) is 1.87. The molecule has 2 heterocycles. The van der Waals surface area contributed by atoms with Gasteiger partial charge in [-0.2, -0.15) is 0 Å². The molecule has 0 aliphatic carbocycles. The highest BCUT2D eigenvalue weighted by molar-refractivity contribution is 5.74. The highest BCUT2D eigenvalue weighted by Crippen LogP contribution is 2.10. The van der Waals surface area contributed by atoms with Crippen LogP contribution >= 0.6 is 0 Å². The molecule has 6 nitrogen and oxygen atoms in total. The second kappa shape index (κ2) is 4.65. The molecule has 0 saturated heterocycles. The number of fused-ring (bicyclic) bond motifs is 1. The largest absolute Gasteiger partial charge is 0.425 e. The van der Waals surface area contributed by atoms with E-state index in [0.717, 1.165) is 0 Å². The maximum atomic E-state index is 12.0. The summed E-state index contributed by atoms with van der Waals surface area (Å²) in [5.41, 5.74) is -0.329. The number of para-hydroxylation sites is 2. The summed E-state index contributed by atoms with van der Waals surface area (Å²) < 4.78 is 1.69. The Kier molecular flexibility index (Phi) is 2.83. The van der Waals surface area contributed by atoms with E-state index in [4.69, 9.17) is 0 Å². The predicted octanol–water partition coefficient (Wildman–Crippen LogP) is 0.844. The van der Waals surface area contributed by atoms with Crippen LogP contribution in [0.4, 0.5) is 0 Å². The van der Waals surface area contributed by atoms with E-state index in [1.807, 2.05) is 6.07 Å². The zero-order valence-corrected chi connectivity index (χ0v) is 10.4. The molecule has 3 rings (SSSR count). The minimum absolute atomic E-state index is 0.177. The third-order valence-electron chi connectivity index (χ3n) is 3.07. The molecular formula is C14H11N3O3. The molecule has 0 spiro atoms. The topological polar surface area (TPSA) is 77.1 Å². The van der Waals surface area contributed by atoms with Crippen molar-refractivity contribution in [3.05, 3.63) is 75.1 Å². The Morgan fingerprint density at radius 1 is 0.950 bits per heavy atom. The number of hydrogen-bond acceptors (Lipinski definition) is 4. The molecule has 0 atom stereocenters. The fraction of sp³-hybridized carbons (Fsp3) is 0.0714. The normalized spacial score (nSPS) is 10.8. The summed E-state index contributed by atoms with van der Waals surface area (Å²) in [6.45, 7) is 0.177. The van der Waals surface area contributed by atoms with Gasteiger partial charge in [0.15, 0.2) is 0 Å². The van der Waals surface area contributed by atoms with Gasteiger partial charge in [-0.15, -0.1) is 4.73 Å². The Bertz CT molecular complexity index is 882. The summed E-state index contributed by atoms with van der Waals surface area (Å²) in [6.07, 6.45) is 1.62. The van der Waals surface area contributed by atoms with E-state index in [9.17, 15) is 14.8 Å². The van der Waals surface area contributed by atoms with Gasteiger partial charge in [0, 0.05) is 6.20 Å². The van der Waals surface area contributed by atoms with Crippen molar-refractivity contribution in [1.29, 1.82) is 0 Å². The van der Waals surface area contributed by atoms with E-state index in [1.165, 1.54) is 4.57 Å². The number of benzene rings is 1. The summed E-state index contributed by atoms with van der Waals surface area (Å²) in [7, 11) is 0. The Labute approximate surface area is 113 Å². The van der Waals surface area contributed by atoms with Gasteiger partial charge in [-0.3, -0.25) is 19.1 Å². The van der Waals surface area contributed by atoms with Gasteiger partial charge >= 0.3 is 11.1 Å². The SMILES string of the molecule is O=c1c(=O)n(Cc2ccccn2)c2ccccc2n1O. The van der Waals surface area contributed by atoms with Crippen molar-refractivity contribution in [1.82, 2.24) is 14.3 Å². The summed E-state index contributed by atoms with van der Waals surface area (Å²) in [4.78, 5) is 27.9. The zero-order valence-electron chi connectivity index (χ0n) is 10.4. The van der Waals surface area contributed by atoms with E-state index < -0.39 is 11.1 Å². The first-order valence-electron chi connectivity index (χ1n) is 6.02. The maximum Gasteiger partial charge on any atom is 0.349 e. The van der Waals surface area contributed by atoms with E-state index >= 15 is 0 Å². The summed E-state index contributed by atoms with van der Waals surface area (Å²) in [6, 6.07) is 12.0. The van der Waals surface area contributed by atoms with Crippen LogP contribution in [-0.4, -0.2) is 19.5 Å². The van der Waals surface area contributed by atoms with Crippen molar-refractivity contribution in [2.45, 2.75) is 6.54 Å². The smallest absolute Gasteiger partial charge is 0.349 e. The highest BCUT2D eigenvalue weighted by atomic mass is 16.5. The third-order valence-corrected chi connectivity index (χ3v) is 3.07. The molecule has 2 aromatic heterocycles. The van der Waals surface area contributed by atoms with Crippen LogP contribution in [0.3, 0.4) is 0 Å². The van der Waals surface area contributed by atoms with Crippen LogP contribution in [-0.2, 0) is 6.54 Å². The summed E-state index contributed by atoms with van der Waals surface area (Å²) >= 11 is 0. The predicted molar refractivity (Wildman–Crippen MR) is 73.0 cm³/mol. The van der Waals surface area contributed by atoms with Gasteiger partial charge in [0.25, 0.3) is 0 Å². The van der Waals surface area contributed by atoms with Crippen molar-refractivity contribution >= 4 is 11.0 Å². The Morgan fingerprint density at radius 2 is 1.65 bits per heavy atom. The quantitative estimate of drug-likeness (QED) is 0.552. The lowest BCUT2D eigenvalue weighted by atomic mass is 10.2. The number of nitrogens with zero attached hydrogens (tertiary/aromatic N) is 3. The molecule has 0 unspecified atom stereocenters. The molecule has 0 radical (unpaired) electrons. The summed E-state index contributed by atoms with van der Waals surface area (Å²) in [5.74, 6) is 0. The minimum Gasteiger partial charge on any atom is -0.425 e. The Hall–Kier alpha value is -2.89. The first-order valence-corrected chi connectivity index (χ1v) is 6.02. The number of pyridine rings is 1. The number of rotatable bonds is 2. The van der Waals surface area contributed by atoms with Gasteiger partial charge in [0.05, 0.1) is 17.8 Å². The lowest BCUT2D eigenvalue weighted by Gasteiger charge is -2.10. The molecule has 0 aliphatic heterocycles. The van der Waals surface area contributed by atoms with Gasteiger partial charge in [-0.25, -0.2) is 0 Å². The van der Waals surface area contributed by atoms with Gasteiger partial charge in [-0.05, 0) is 24.3 Å². The fourth-order valence-electron chi connectivity index (χ4n) is 2.11. The van der Waals surface area contributed by atoms with Gasteiger partial charge < -0.3 is 5.21 Å². The van der Waals surface area contributed by atoms with Crippen LogP contribution in [0.5, 0.6) is 0 Å². The van der Waals surface area contributed by atoms with Crippen LogP contribution in [0.15, 0.2) is 58.3 Å². The molecule has 0 bridgehead atoms. The van der Waals surface area contributed by atoms with E-state index in [1.54, 1.807) is 42.6 Å². The molecular weight excluding hydrogens is 258 g/mol. The molecule has 0 aliphatic rings. The van der Waals surface area contributed by atoms with Crippen LogP contribution in [0, 0.1) is 0 Å². The Morgan fingerprint density at radius 3 is 2.35 bits per heavy atom. The summed E-state index contributed by atoms with van der Waals surface area (Å²) in [5, 5.41) is 9.70. The van der Waals surface area contributed by atoms with E-state index in [2.05, 4.69) is 4.98 Å². The molecule has 100 valence electrons. The maximum absolute atomic E-state index is 12.0. The van der Waals surface area contributed by atoms with Crippen LogP contribution in [0.2, 0.25) is 0 Å². The zero-order chi connectivity index (χ0) is 14.1. The molecule has 0 fully saturated rings. The Balaban J connectivity index is 2.30. The van der Waals surface area contributed by atoms with Gasteiger partial charge in [-0.1, -0.05) is 18.2 Å². The average molecular weight is 269 g/mol. The first kappa shape index (κ1) is 12.2. The second-order valence-corrected chi connectivity index (χ2v) is 4.32. The molecule has 20 heavy (non-hydrogen) atoms. The van der Waals surface area contributed by atoms with Crippen molar-refractivity contribution in [3.63, 3.8) is 0 Å².